The summed E-state index contributed by atoms with van der Waals surface area (Å²) in [4.78, 5) is 0. The van der Waals surface area contributed by atoms with E-state index in [2.05, 4.69) is 0 Å². The molecule has 0 saturated heterocycles. The Balaban J connectivity index is 3.46. The fourth-order valence-electron chi connectivity index (χ4n) is 0.971. The highest BCUT2D eigenvalue weighted by Gasteiger charge is 2.90. The Bertz CT molecular complexity index is 260. The lowest BCUT2D eigenvalue weighted by atomic mass is 10.2. The summed E-state index contributed by atoms with van der Waals surface area (Å²) in [7, 11) is 0. The smallest absolute Gasteiger partial charge is 0.194 e. The Morgan fingerprint density at radius 3 is 0.929 bits per heavy atom. The van der Waals surface area contributed by atoms with Crippen LogP contribution >= 0.6 is 0 Å². The highest BCUT2D eigenvalue weighted by atomic mass is 19.4. The average Bonchev–Trinajstić information content (AvgIpc) is 2.05. The molecule has 0 aromatic rings. The third-order valence-electron chi connectivity index (χ3n) is 1.94. The van der Waals surface area contributed by atoms with E-state index >= 15 is 0 Å². The lowest BCUT2D eigenvalue weighted by Gasteiger charge is -2.23. The lowest BCUT2D eigenvalue weighted by Crippen LogP contribution is -2.51. The Morgan fingerprint density at radius 2 is 0.857 bits per heavy atom. The molecule has 1 saturated carbocycles. The van der Waals surface area contributed by atoms with E-state index in [0.29, 0.717) is 0 Å². The molecule has 1 fully saturated rings. The molecule has 0 N–H and O–H groups in total. The lowest BCUT2D eigenvalue weighted by molar-refractivity contribution is -0.303. The van der Waals surface area contributed by atoms with Gasteiger partial charge in [-0.15, -0.1) is 0 Å². The first-order valence-electron chi connectivity index (χ1n) is 3.12. The molecule has 0 spiro atoms. The number of alkyl halides is 8. The van der Waals surface area contributed by atoms with E-state index in [9.17, 15) is 35.1 Å². The van der Waals surface area contributed by atoms with Gasteiger partial charge in [0.25, 0.3) is 0 Å². The van der Waals surface area contributed by atoms with Crippen LogP contribution in [0.3, 0.4) is 0 Å². The molecule has 0 amide bonds. The van der Waals surface area contributed by atoms with Crippen molar-refractivity contribution in [1.82, 2.24) is 0 Å². The van der Waals surface area contributed by atoms with Gasteiger partial charge in [0.1, 0.15) is 0 Å². The third-order valence-corrected chi connectivity index (χ3v) is 1.94. The van der Waals surface area contributed by atoms with Gasteiger partial charge < -0.3 is 0 Å². The number of halogens is 8. The molecule has 1 rings (SSSR count). The summed E-state index contributed by atoms with van der Waals surface area (Å²) in [6, 6.07) is 0. The monoisotopic (exact) mass is 226 g/mol. The van der Waals surface area contributed by atoms with Gasteiger partial charge in [-0.1, -0.05) is 6.58 Å². The summed E-state index contributed by atoms with van der Waals surface area (Å²) in [5.74, 6) is -23.5. The summed E-state index contributed by atoms with van der Waals surface area (Å²) in [5, 5.41) is 0. The number of hydrogen-bond donors (Lipinski definition) is 0. The fraction of sp³-hybridized carbons (Fsp3) is 0.667. The van der Waals surface area contributed by atoms with Gasteiger partial charge in [0.15, 0.2) is 0 Å². The van der Waals surface area contributed by atoms with Crippen molar-refractivity contribution >= 4 is 0 Å². The summed E-state index contributed by atoms with van der Waals surface area (Å²) in [6.45, 7) is 1.89. The van der Waals surface area contributed by atoms with Crippen molar-refractivity contribution in [2.24, 2.45) is 0 Å². The standard InChI is InChI=1S/C6H2F8/c1-2-3(7,8)5(11,12)6(13,14)4(2,9)10/h1H2. The maximum Gasteiger partial charge on any atom is 0.382 e. The van der Waals surface area contributed by atoms with Crippen LogP contribution in [0, 0.1) is 0 Å². The van der Waals surface area contributed by atoms with E-state index in [1.807, 2.05) is 6.58 Å². The normalized spacial score (nSPS) is 31.9. The molecule has 0 aliphatic heterocycles. The highest BCUT2D eigenvalue weighted by molar-refractivity contribution is 5.36. The first-order valence-corrected chi connectivity index (χ1v) is 3.12. The van der Waals surface area contributed by atoms with Crippen molar-refractivity contribution in [3.8, 4) is 0 Å². The zero-order valence-electron chi connectivity index (χ0n) is 6.23. The number of rotatable bonds is 0. The van der Waals surface area contributed by atoms with E-state index in [4.69, 9.17) is 0 Å². The van der Waals surface area contributed by atoms with Gasteiger partial charge in [0.05, 0.1) is 5.57 Å². The predicted octanol–water partition coefficient (Wildman–Crippen LogP) is 3.10. The van der Waals surface area contributed by atoms with Crippen LogP contribution in [0.5, 0.6) is 0 Å². The summed E-state index contributed by atoms with van der Waals surface area (Å²) < 4.78 is 98.0. The first kappa shape index (κ1) is 11.3. The zero-order chi connectivity index (χ0) is 11.6. The quantitative estimate of drug-likeness (QED) is 0.439. The van der Waals surface area contributed by atoms with Crippen molar-refractivity contribution < 1.29 is 35.1 Å². The molecule has 0 nitrogen and oxygen atoms in total. The summed E-state index contributed by atoms with van der Waals surface area (Å²) in [5.41, 5.74) is -2.76. The van der Waals surface area contributed by atoms with Gasteiger partial charge in [-0.25, -0.2) is 0 Å². The third kappa shape index (κ3) is 0.795. The molecule has 0 atom stereocenters. The van der Waals surface area contributed by atoms with Crippen LogP contribution < -0.4 is 0 Å². The molecule has 0 radical (unpaired) electrons. The van der Waals surface area contributed by atoms with Gasteiger partial charge >= 0.3 is 23.7 Å². The van der Waals surface area contributed by atoms with Crippen LogP contribution in [-0.2, 0) is 0 Å². The van der Waals surface area contributed by atoms with E-state index in [1.165, 1.54) is 0 Å². The molecule has 8 heteroatoms. The first-order chi connectivity index (χ1) is 5.90. The second-order valence-electron chi connectivity index (χ2n) is 2.78. The van der Waals surface area contributed by atoms with Gasteiger partial charge in [0.2, 0.25) is 0 Å². The summed E-state index contributed by atoms with van der Waals surface area (Å²) >= 11 is 0. The van der Waals surface area contributed by atoms with Crippen molar-refractivity contribution in [3.05, 3.63) is 12.2 Å². The van der Waals surface area contributed by atoms with Gasteiger partial charge in [-0.2, -0.15) is 35.1 Å². The Labute approximate surface area is 72.2 Å². The van der Waals surface area contributed by atoms with Crippen molar-refractivity contribution in [3.63, 3.8) is 0 Å². The molecule has 0 unspecified atom stereocenters. The second kappa shape index (κ2) is 2.22. The molecule has 0 heterocycles. The number of allylic oxidation sites excluding steroid dienone is 1. The summed E-state index contributed by atoms with van der Waals surface area (Å²) in [6.07, 6.45) is 0. The topological polar surface area (TPSA) is 0 Å². The van der Waals surface area contributed by atoms with Crippen LogP contribution in [0.25, 0.3) is 0 Å². The van der Waals surface area contributed by atoms with E-state index < -0.39 is 29.3 Å². The molecule has 0 bridgehead atoms. The van der Waals surface area contributed by atoms with Crippen molar-refractivity contribution in [2.45, 2.75) is 23.7 Å². The molecule has 82 valence electrons. The van der Waals surface area contributed by atoms with Gasteiger partial charge in [0, 0.05) is 0 Å². The van der Waals surface area contributed by atoms with Crippen LogP contribution in [-0.4, -0.2) is 23.7 Å². The molecule has 1 aliphatic carbocycles. The van der Waals surface area contributed by atoms with Crippen LogP contribution in [0.2, 0.25) is 0 Å². The molecular formula is C6H2F8. The molecule has 0 aromatic carbocycles. The van der Waals surface area contributed by atoms with E-state index in [-0.39, 0.29) is 0 Å². The fourth-order valence-corrected chi connectivity index (χ4v) is 0.971. The Kier molecular flexibility index (Phi) is 1.79. The second-order valence-corrected chi connectivity index (χ2v) is 2.78. The minimum Gasteiger partial charge on any atom is -0.194 e. The largest absolute Gasteiger partial charge is 0.382 e. The van der Waals surface area contributed by atoms with Gasteiger partial charge in [-0.05, 0) is 0 Å². The van der Waals surface area contributed by atoms with Crippen molar-refractivity contribution in [1.29, 1.82) is 0 Å². The van der Waals surface area contributed by atoms with Gasteiger partial charge in [-0.3, -0.25) is 0 Å². The minimum atomic E-state index is -6.12. The molecule has 14 heavy (non-hydrogen) atoms. The van der Waals surface area contributed by atoms with Crippen LogP contribution in [0.1, 0.15) is 0 Å². The minimum absolute atomic E-state index is 1.89. The predicted molar refractivity (Wildman–Crippen MR) is 28.9 cm³/mol. The molecule has 1 aliphatic rings. The maximum absolute atomic E-state index is 12.3. The zero-order valence-corrected chi connectivity index (χ0v) is 6.23. The Hall–Kier alpha value is -0.820. The molecular weight excluding hydrogens is 224 g/mol. The maximum atomic E-state index is 12.3. The van der Waals surface area contributed by atoms with E-state index in [0.717, 1.165) is 0 Å². The van der Waals surface area contributed by atoms with Crippen molar-refractivity contribution in [2.75, 3.05) is 0 Å². The highest BCUT2D eigenvalue weighted by Crippen LogP contribution is 2.65. The molecule has 0 aromatic heterocycles. The van der Waals surface area contributed by atoms with Crippen LogP contribution in [0.15, 0.2) is 12.2 Å². The van der Waals surface area contributed by atoms with Crippen LogP contribution in [0.4, 0.5) is 35.1 Å². The Morgan fingerprint density at radius 1 is 0.643 bits per heavy atom. The number of hydrogen-bond acceptors (Lipinski definition) is 0. The van der Waals surface area contributed by atoms with E-state index in [1.54, 1.807) is 0 Å². The SMILES string of the molecule is C=C1C(F)(F)C(F)(F)C(F)(F)C1(F)F. The average molecular weight is 226 g/mol.